The van der Waals surface area contributed by atoms with Crippen LogP contribution in [0.2, 0.25) is 0 Å². The predicted molar refractivity (Wildman–Crippen MR) is 121 cm³/mol. The van der Waals surface area contributed by atoms with Crippen molar-refractivity contribution in [2.45, 2.75) is 26.7 Å². The topological polar surface area (TPSA) is 85.6 Å². The first-order valence-corrected chi connectivity index (χ1v) is 10.2. The SMILES string of the molecule is COC(=O)C1=C(C)NC(C)=C(C(=O)c2ccccc2)C1c1cccc2c(=O)cc(C)oc12. The molecule has 0 spiro atoms. The molecular formula is C26H23NO5. The number of benzene rings is 2. The number of esters is 1. The predicted octanol–water partition coefficient (Wildman–Crippen LogP) is 4.39. The summed E-state index contributed by atoms with van der Waals surface area (Å²) in [5, 5.41) is 3.55. The highest BCUT2D eigenvalue weighted by molar-refractivity contribution is 6.12. The van der Waals surface area contributed by atoms with Gasteiger partial charge in [-0.15, -0.1) is 0 Å². The van der Waals surface area contributed by atoms with Gasteiger partial charge >= 0.3 is 5.97 Å². The first-order valence-electron chi connectivity index (χ1n) is 10.2. The van der Waals surface area contributed by atoms with Crippen LogP contribution in [0.4, 0.5) is 0 Å². The van der Waals surface area contributed by atoms with E-state index in [0.717, 1.165) is 0 Å². The fraction of sp³-hybridized carbons (Fsp3) is 0.192. The summed E-state index contributed by atoms with van der Waals surface area (Å²) in [6.07, 6.45) is 0. The monoisotopic (exact) mass is 429 g/mol. The highest BCUT2D eigenvalue weighted by Gasteiger charge is 2.38. The molecule has 1 unspecified atom stereocenters. The van der Waals surface area contributed by atoms with Gasteiger partial charge in [-0.05, 0) is 26.8 Å². The molecule has 2 heterocycles. The highest BCUT2D eigenvalue weighted by atomic mass is 16.5. The van der Waals surface area contributed by atoms with Crippen molar-refractivity contribution < 1.29 is 18.7 Å². The van der Waals surface area contributed by atoms with Crippen LogP contribution in [0.5, 0.6) is 0 Å². The Labute approximate surface area is 185 Å². The number of methoxy groups -OCH3 is 1. The second-order valence-electron chi connectivity index (χ2n) is 7.77. The molecule has 0 aliphatic carbocycles. The number of hydrogen-bond acceptors (Lipinski definition) is 6. The normalized spacial score (nSPS) is 16.2. The number of hydrogen-bond donors (Lipinski definition) is 1. The molecule has 0 bridgehead atoms. The van der Waals surface area contributed by atoms with E-state index in [0.29, 0.717) is 50.4 Å². The Kier molecular flexibility index (Phi) is 5.53. The number of nitrogens with one attached hydrogen (secondary N) is 1. The second kappa shape index (κ2) is 8.30. The minimum absolute atomic E-state index is 0.184. The van der Waals surface area contributed by atoms with Crippen molar-refractivity contribution in [3.8, 4) is 0 Å². The van der Waals surface area contributed by atoms with Crippen LogP contribution >= 0.6 is 0 Å². The van der Waals surface area contributed by atoms with E-state index in [9.17, 15) is 14.4 Å². The van der Waals surface area contributed by atoms with E-state index >= 15 is 0 Å². The van der Waals surface area contributed by atoms with E-state index < -0.39 is 11.9 Å². The van der Waals surface area contributed by atoms with Crippen LogP contribution < -0.4 is 10.7 Å². The molecule has 6 nitrogen and oxygen atoms in total. The van der Waals surface area contributed by atoms with Crippen LogP contribution in [0.3, 0.4) is 0 Å². The summed E-state index contributed by atoms with van der Waals surface area (Å²) in [6, 6.07) is 15.5. The number of ketones is 1. The van der Waals surface area contributed by atoms with Crippen molar-refractivity contribution in [1.29, 1.82) is 0 Å². The zero-order valence-electron chi connectivity index (χ0n) is 18.3. The van der Waals surface area contributed by atoms with Gasteiger partial charge in [0.05, 0.1) is 24.0 Å². The van der Waals surface area contributed by atoms with Gasteiger partial charge in [-0.25, -0.2) is 4.79 Å². The fourth-order valence-electron chi connectivity index (χ4n) is 4.27. The molecule has 6 heteroatoms. The Morgan fingerprint density at radius 1 is 0.938 bits per heavy atom. The molecule has 1 aromatic heterocycles. The second-order valence-corrected chi connectivity index (χ2v) is 7.77. The number of rotatable bonds is 4. The maximum absolute atomic E-state index is 13.7. The van der Waals surface area contributed by atoms with E-state index in [1.165, 1.54) is 13.2 Å². The first-order chi connectivity index (χ1) is 15.3. The molecule has 0 saturated carbocycles. The van der Waals surface area contributed by atoms with Crippen molar-refractivity contribution in [2.24, 2.45) is 0 Å². The molecule has 2 aromatic carbocycles. The van der Waals surface area contributed by atoms with Gasteiger partial charge in [0.25, 0.3) is 0 Å². The van der Waals surface area contributed by atoms with Gasteiger partial charge in [-0.3, -0.25) is 9.59 Å². The van der Waals surface area contributed by atoms with E-state index in [-0.39, 0.29) is 11.2 Å². The zero-order chi connectivity index (χ0) is 23.0. The van der Waals surface area contributed by atoms with Crippen LogP contribution in [0, 0.1) is 6.92 Å². The van der Waals surface area contributed by atoms with Gasteiger partial charge < -0.3 is 14.5 Å². The third-order valence-corrected chi connectivity index (χ3v) is 5.67. The number of fused-ring (bicyclic) bond motifs is 1. The average molecular weight is 429 g/mol. The van der Waals surface area contributed by atoms with Crippen LogP contribution in [-0.4, -0.2) is 18.9 Å². The first kappa shape index (κ1) is 21.3. The van der Waals surface area contributed by atoms with Gasteiger partial charge in [0, 0.05) is 34.2 Å². The van der Waals surface area contributed by atoms with Crippen molar-refractivity contribution in [3.63, 3.8) is 0 Å². The summed E-state index contributed by atoms with van der Waals surface area (Å²) in [7, 11) is 1.30. The molecule has 32 heavy (non-hydrogen) atoms. The maximum atomic E-state index is 13.7. The van der Waals surface area contributed by atoms with Gasteiger partial charge in [0.2, 0.25) is 0 Å². The number of ether oxygens (including phenoxy) is 1. The minimum Gasteiger partial charge on any atom is -0.466 e. The molecule has 0 saturated heterocycles. The Morgan fingerprint density at radius 2 is 1.62 bits per heavy atom. The Balaban J connectivity index is 2.05. The van der Waals surface area contributed by atoms with Crippen LogP contribution in [0.15, 0.2) is 86.3 Å². The number of carbonyl (C=O) groups is 2. The number of para-hydroxylation sites is 1. The lowest BCUT2D eigenvalue weighted by Crippen LogP contribution is -2.31. The molecule has 0 radical (unpaired) electrons. The van der Waals surface area contributed by atoms with Gasteiger partial charge in [0.15, 0.2) is 11.2 Å². The molecule has 1 aliphatic rings. The van der Waals surface area contributed by atoms with Crippen molar-refractivity contribution in [2.75, 3.05) is 7.11 Å². The number of allylic oxidation sites excluding steroid dienone is 3. The van der Waals surface area contributed by atoms with Crippen molar-refractivity contribution >= 4 is 22.7 Å². The number of carbonyl (C=O) groups excluding carboxylic acids is 2. The van der Waals surface area contributed by atoms with Gasteiger partial charge in [-0.2, -0.15) is 0 Å². The summed E-state index contributed by atoms with van der Waals surface area (Å²) in [5.74, 6) is -1.11. The van der Waals surface area contributed by atoms with Crippen molar-refractivity contribution in [3.05, 3.63) is 104 Å². The summed E-state index contributed by atoms with van der Waals surface area (Å²) < 4.78 is 11.0. The summed E-state index contributed by atoms with van der Waals surface area (Å²) in [4.78, 5) is 39.2. The van der Waals surface area contributed by atoms with E-state index in [1.807, 2.05) is 6.07 Å². The lowest BCUT2D eigenvalue weighted by molar-refractivity contribution is -0.136. The molecule has 0 amide bonds. The van der Waals surface area contributed by atoms with Crippen molar-refractivity contribution in [1.82, 2.24) is 5.32 Å². The summed E-state index contributed by atoms with van der Waals surface area (Å²) in [6.45, 7) is 5.26. The zero-order valence-corrected chi connectivity index (χ0v) is 18.3. The Morgan fingerprint density at radius 3 is 2.31 bits per heavy atom. The molecule has 0 fully saturated rings. The molecule has 3 aromatic rings. The minimum atomic E-state index is -0.773. The molecule has 4 rings (SSSR count). The standard InChI is InChI=1S/C26H23NO5/c1-14-13-20(28)18-11-8-12-19(25(18)32-14)23-21(24(29)17-9-6-5-7-10-17)15(2)27-16(3)22(23)26(30)31-4/h5-13,23,27H,1-4H3. The smallest absolute Gasteiger partial charge is 0.336 e. The van der Waals surface area contributed by atoms with E-state index in [1.54, 1.807) is 63.2 Å². The Bertz CT molecular complexity index is 1360. The third-order valence-electron chi connectivity index (χ3n) is 5.67. The van der Waals surface area contributed by atoms with E-state index in [4.69, 9.17) is 9.15 Å². The summed E-state index contributed by atoms with van der Waals surface area (Å²) in [5.41, 5.74) is 3.13. The molecule has 1 aliphatic heterocycles. The molecule has 1 N–H and O–H groups in total. The van der Waals surface area contributed by atoms with Gasteiger partial charge in [-0.1, -0.05) is 42.5 Å². The lowest BCUT2D eigenvalue weighted by Gasteiger charge is -2.31. The van der Waals surface area contributed by atoms with Crippen LogP contribution in [-0.2, 0) is 9.53 Å². The average Bonchev–Trinajstić information content (AvgIpc) is 2.78. The number of aryl methyl sites for hydroxylation is 1. The molecular weight excluding hydrogens is 406 g/mol. The molecule has 162 valence electrons. The highest BCUT2D eigenvalue weighted by Crippen LogP contribution is 2.42. The Hall–Kier alpha value is -3.93. The number of dihydropyridines is 1. The number of Topliss-reactive ketones (excluding diaryl/α,β-unsaturated/α-hetero) is 1. The van der Waals surface area contributed by atoms with Gasteiger partial charge in [0.1, 0.15) is 11.3 Å². The fourth-order valence-corrected chi connectivity index (χ4v) is 4.27. The van der Waals surface area contributed by atoms with Crippen LogP contribution in [0.25, 0.3) is 11.0 Å². The van der Waals surface area contributed by atoms with Crippen LogP contribution in [0.1, 0.15) is 41.4 Å². The lowest BCUT2D eigenvalue weighted by atomic mass is 9.77. The van der Waals surface area contributed by atoms with E-state index in [2.05, 4.69) is 5.32 Å². The maximum Gasteiger partial charge on any atom is 0.336 e. The quantitative estimate of drug-likeness (QED) is 0.489. The third kappa shape index (κ3) is 3.54. The largest absolute Gasteiger partial charge is 0.466 e. The molecule has 1 atom stereocenters. The summed E-state index contributed by atoms with van der Waals surface area (Å²) >= 11 is 0.